The fourth-order valence-electron chi connectivity index (χ4n) is 3.63. The van der Waals surface area contributed by atoms with Crippen LogP contribution in [-0.4, -0.2) is 45.6 Å². The van der Waals surface area contributed by atoms with E-state index in [1.54, 1.807) is 0 Å². The van der Waals surface area contributed by atoms with Gasteiger partial charge in [0.05, 0.1) is 12.1 Å². The molecule has 4 rings (SSSR count). The number of nitrogens with one attached hydrogen (secondary N) is 1. The number of nitrogens with zero attached hydrogens (tertiary/aromatic N) is 4. The van der Waals surface area contributed by atoms with E-state index < -0.39 is 0 Å². The summed E-state index contributed by atoms with van der Waals surface area (Å²) >= 11 is 0. The number of fused-ring (bicyclic) bond motifs is 2. The summed E-state index contributed by atoms with van der Waals surface area (Å²) in [5.41, 5.74) is 0.617. The molecular weight excluding hydrogens is 266 g/mol. The van der Waals surface area contributed by atoms with Crippen LogP contribution in [0.2, 0.25) is 0 Å². The molecule has 6 heteroatoms. The second-order valence-electron chi connectivity index (χ2n) is 5.99. The van der Waals surface area contributed by atoms with Crippen molar-refractivity contribution in [2.45, 2.75) is 25.6 Å². The Morgan fingerprint density at radius 3 is 3.14 bits per heavy atom. The molecule has 2 aromatic rings. The molecule has 1 aromatic heterocycles. The van der Waals surface area contributed by atoms with Crippen molar-refractivity contribution in [2.24, 2.45) is 5.92 Å². The minimum Gasteiger partial charge on any atom is -0.315 e. The maximum atomic E-state index is 12.5. The second-order valence-corrected chi connectivity index (χ2v) is 5.99. The third kappa shape index (κ3) is 2.24. The average molecular weight is 285 g/mol. The number of likely N-dealkylation sites (tertiary alicyclic amines) is 1. The van der Waals surface area contributed by atoms with Crippen molar-refractivity contribution in [3.8, 4) is 0 Å². The Morgan fingerprint density at radius 2 is 2.19 bits per heavy atom. The molecule has 3 heterocycles. The first-order valence-corrected chi connectivity index (χ1v) is 7.60. The zero-order valence-corrected chi connectivity index (χ0v) is 11.9. The van der Waals surface area contributed by atoms with Crippen LogP contribution in [0.4, 0.5) is 0 Å². The van der Waals surface area contributed by atoms with Gasteiger partial charge < -0.3 is 5.32 Å². The number of aromatic nitrogens is 3. The van der Waals surface area contributed by atoms with E-state index in [1.807, 2.05) is 24.3 Å². The van der Waals surface area contributed by atoms with Crippen molar-refractivity contribution in [2.75, 3.05) is 19.6 Å². The SMILES string of the molecule is O=c1c2ccccc2nnn1CN1CCCC2CNCC21. The molecule has 2 atom stereocenters. The molecule has 110 valence electrons. The number of piperidine rings is 1. The third-order valence-electron chi connectivity index (χ3n) is 4.74. The molecule has 0 radical (unpaired) electrons. The number of rotatable bonds is 2. The summed E-state index contributed by atoms with van der Waals surface area (Å²) in [6.07, 6.45) is 2.48. The van der Waals surface area contributed by atoms with Crippen LogP contribution in [0, 0.1) is 5.92 Å². The molecule has 1 aromatic carbocycles. The minimum absolute atomic E-state index is 0.0475. The van der Waals surface area contributed by atoms with E-state index in [2.05, 4.69) is 20.5 Å². The molecule has 6 nitrogen and oxygen atoms in total. The maximum absolute atomic E-state index is 12.5. The molecule has 2 saturated heterocycles. The zero-order valence-electron chi connectivity index (χ0n) is 11.9. The molecule has 2 unspecified atom stereocenters. The van der Waals surface area contributed by atoms with Gasteiger partial charge >= 0.3 is 0 Å². The lowest BCUT2D eigenvalue weighted by molar-refractivity contribution is 0.0830. The third-order valence-corrected chi connectivity index (χ3v) is 4.74. The van der Waals surface area contributed by atoms with Gasteiger partial charge in [-0.25, -0.2) is 0 Å². The van der Waals surface area contributed by atoms with Crippen LogP contribution in [0.1, 0.15) is 12.8 Å². The molecule has 2 fully saturated rings. The monoisotopic (exact) mass is 285 g/mol. The van der Waals surface area contributed by atoms with Gasteiger partial charge in [0, 0.05) is 19.1 Å². The largest absolute Gasteiger partial charge is 0.315 e. The molecule has 21 heavy (non-hydrogen) atoms. The van der Waals surface area contributed by atoms with Crippen LogP contribution in [0.3, 0.4) is 0 Å². The van der Waals surface area contributed by atoms with Gasteiger partial charge in [0.2, 0.25) is 0 Å². The van der Waals surface area contributed by atoms with E-state index in [-0.39, 0.29) is 5.56 Å². The van der Waals surface area contributed by atoms with E-state index >= 15 is 0 Å². The van der Waals surface area contributed by atoms with Gasteiger partial charge in [-0.2, -0.15) is 4.68 Å². The standard InChI is InChI=1S/C15H19N5O/c21-15-12-5-1-2-6-13(12)17-18-20(15)10-19-7-3-4-11-8-16-9-14(11)19/h1-2,5-6,11,14,16H,3-4,7-10H2. The van der Waals surface area contributed by atoms with Crippen LogP contribution in [0.5, 0.6) is 0 Å². The van der Waals surface area contributed by atoms with E-state index in [4.69, 9.17) is 0 Å². The Hall–Kier alpha value is -1.79. The van der Waals surface area contributed by atoms with Gasteiger partial charge in [0.1, 0.15) is 5.52 Å². The van der Waals surface area contributed by atoms with Crippen LogP contribution in [0.25, 0.3) is 10.9 Å². The van der Waals surface area contributed by atoms with Gasteiger partial charge in [-0.05, 0) is 37.4 Å². The van der Waals surface area contributed by atoms with Gasteiger partial charge in [-0.3, -0.25) is 9.69 Å². The van der Waals surface area contributed by atoms with Crippen molar-refractivity contribution >= 4 is 10.9 Å². The van der Waals surface area contributed by atoms with E-state index in [1.165, 1.54) is 17.5 Å². The summed E-state index contributed by atoms with van der Waals surface area (Å²) in [6, 6.07) is 7.91. The Labute approximate surface area is 122 Å². The number of hydrogen-bond donors (Lipinski definition) is 1. The summed E-state index contributed by atoms with van der Waals surface area (Å²) < 4.78 is 1.50. The molecule has 2 aliphatic rings. The molecule has 0 spiro atoms. The lowest BCUT2D eigenvalue weighted by Crippen LogP contribution is -2.47. The van der Waals surface area contributed by atoms with Gasteiger partial charge in [-0.1, -0.05) is 17.3 Å². The quantitative estimate of drug-likeness (QED) is 0.867. The fourth-order valence-corrected chi connectivity index (χ4v) is 3.63. The van der Waals surface area contributed by atoms with Crippen LogP contribution < -0.4 is 10.9 Å². The molecule has 0 bridgehead atoms. The van der Waals surface area contributed by atoms with Gasteiger partial charge in [0.25, 0.3) is 5.56 Å². The smallest absolute Gasteiger partial charge is 0.278 e. The lowest BCUT2D eigenvalue weighted by Gasteiger charge is -2.36. The highest BCUT2D eigenvalue weighted by atomic mass is 16.1. The first-order valence-electron chi connectivity index (χ1n) is 7.60. The van der Waals surface area contributed by atoms with E-state index in [0.29, 0.717) is 29.5 Å². The van der Waals surface area contributed by atoms with Crippen molar-refractivity contribution in [1.29, 1.82) is 0 Å². The first kappa shape index (κ1) is 12.9. The van der Waals surface area contributed by atoms with Gasteiger partial charge in [-0.15, -0.1) is 5.10 Å². The Kier molecular flexibility index (Phi) is 3.20. The lowest BCUT2D eigenvalue weighted by atomic mass is 9.92. The van der Waals surface area contributed by atoms with Crippen molar-refractivity contribution in [1.82, 2.24) is 25.2 Å². The summed E-state index contributed by atoms with van der Waals surface area (Å²) in [7, 11) is 0. The predicted octanol–water partition coefficient (Wildman–Crippen LogP) is 0.433. The number of hydrogen-bond acceptors (Lipinski definition) is 5. The number of benzene rings is 1. The second kappa shape index (κ2) is 5.20. The first-order chi connectivity index (χ1) is 10.3. The minimum atomic E-state index is -0.0475. The van der Waals surface area contributed by atoms with E-state index in [9.17, 15) is 4.79 Å². The Bertz CT molecular complexity index is 713. The summed E-state index contributed by atoms with van der Waals surface area (Å²) in [5.74, 6) is 0.711. The highest BCUT2D eigenvalue weighted by Crippen LogP contribution is 2.26. The van der Waals surface area contributed by atoms with Crippen molar-refractivity contribution in [3.05, 3.63) is 34.6 Å². The Morgan fingerprint density at radius 1 is 1.29 bits per heavy atom. The molecular formula is C15H19N5O. The van der Waals surface area contributed by atoms with Crippen LogP contribution in [-0.2, 0) is 6.67 Å². The van der Waals surface area contributed by atoms with Crippen LogP contribution >= 0.6 is 0 Å². The summed E-state index contributed by atoms with van der Waals surface area (Å²) in [5, 5.41) is 12.4. The molecule has 0 aliphatic carbocycles. The predicted molar refractivity (Wildman–Crippen MR) is 79.9 cm³/mol. The zero-order chi connectivity index (χ0) is 14.2. The molecule has 2 aliphatic heterocycles. The highest BCUT2D eigenvalue weighted by molar-refractivity contribution is 5.76. The molecule has 1 N–H and O–H groups in total. The van der Waals surface area contributed by atoms with E-state index in [0.717, 1.165) is 19.6 Å². The normalized spacial score (nSPS) is 26.1. The highest BCUT2D eigenvalue weighted by Gasteiger charge is 2.35. The summed E-state index contributed by atoms with van der Waals surface area (Å²) in [4.78, 5) is 14.9. The maximum Gasteiger partial charge on any atom is 0.278 e. The molecule has 0 saturated carbocycles. The topological polar surface area (TPSA) is 63.1 Å². The Balaban J connectivity index is 1.65. The molecule has 0 amide bonds. The van der Waals surface area contributed by atoms with Crippen LogP contribution in [0.15, 0.2) is 29.1 Å². The summed E-state index contributed by atoms with van der Waals surface area (Å²) in [6.45, 7) is 3.68. The fraction of sp³-hybridized carbons (Fsp3) is 0.533. The average Bonchev–Trinajstić information content (AvgIpc) is 3.00. The van der Waals surface area contributed by atoms with Crippen molar-refractivity contribution in [3.63, 3.8) is 0 Å². The van der Waals surface area contributed by atoms with Crippen molar-refractivity contribution < 1.29 is 0 Å². The van der Waals surface area contributed by atoms with Gasteiger partial charge in [0.15, 0.2) is 0 Å².